The molecule has 0 bridgehead atoms. The van der Waals surface area contributed by atoms with E-state index < -0.39 is 0 Å². The zero-order valence-corrected chi connectivity index (χ0v) is 8.77. The van der Waals surface area contributed by atoms with E-state index in [0.29, 0.717) is 10.8 Å². The third-order valence-electron chi connectivity index (χ3n) is 2.61. The predicted molar refractivity (Wildman–Crippen MR) is 56.7 cm³/mol. The Morgan fingerprint density at radius 1 is 1.50 bits per heavy atom. The minimum Gasteiger partial charge on any atom is -0.495 e. The number of rotatable bonds is 2. The van der Waals surface area contributed by atoms with Crippen LogP contribution in [-0.2, 0) is 5.54 Å². The van der Waals surface area contributed by atoms with Crippen LogP contribution < -0.4 is 15.8 Å². The van der Waals surface area contributed by atoms with Crippen molar-refractivity contribution in [3.8, 4) is 5.75 Å². The molecule has 1 fully saturated rings. The summed E-state index contributed by atoms with van der Waals surface area (Å²) >= 11 is 6.02. The highest BCUT2D eigenvalue weighted by molar-refractivity contribution is 6.32. The monoisotopic (exact) mass is 212 g/mol. The molecular formula is C10H13ClN2O. The summed E-state index contributed by atoms with van der Waals surface area (Å²) < 4.78 is 5.08. The van der Waals surface area contributed by atoms with Crippen LogP contribution in [0.3, 0.4) is 0 Å². The van der Waals surface area contributed by atoms with Crippen molar-refractivity contribution < 1.29 is 4.74 Å². The smallest absolute Gasteiger partial charge is 0.137 e. The van der Waals surface area contributed by atoms with Crippen LogP contribution in [0.25, 0.3) is 0 Å². The van der Waals surface area contributed by atoms with Gasteiger partial charge in [-0.15, -0.1) is 0 Å². The van der Waals surface area contributed by atoms with Crippen molar-refractivity contribution >= 4 is 11.6 Å². The van der Waals surface area contributed by atoms with Crippen molar-refractivity contribution in [3.63, 3.8) is 0 Å². The standard InChI is InChI=1S/C10H13ClN2O/c1-14-9-3-2-7(4-8(9)11)10(12)5-13-6-10/h2-4,13H,5-6,12H2,1H3. The summed E-state index contributed by atoms with van der Waals surface area (Å²) in [6, 6.07) is 5.69. The van der Waals surface area contributed by atoms with Crippen LogP contribution in [0.5, 0.6) is 5.75 Å². The molecule has 14 heavy (non-hydrogen) atoms. The largest absolute Gasteiger partial charge is 0.495 e. The molecule has 2 rings (SSSR count). The Bertz CT molecular complexity index is 350. The van der Waals surface area contributed by atoms with Gasteiger partial charge in [-0.1, -0.05) is 17.7 Å². The molecule has 1 saturated heterocycles. The molecule has 1 aliphatic rings. The van der Waals surface area contributed by atoms with Crippen LogP contribution in [-0.4, -0.2) is 20.2 Å². The van der Waals surface area contributed by atoms with Gasteiger partial charge in [-0.2, -0.15) is 0 Å². The number of hydrogen-bond donors (Lipinski definition) is 2. The molecular weight excluding hydrogens is 200 g/mol. The summed E-state index contributed by atoms with van der Waals surface area (Å²) in [6.07, 6.45) is 0. The van der Waals surface area contributed by atoms with E-state index in [1.165, 1.54) is 0 Å². The number of ether oxygens (including phenoxy) is 1. The first kappa shape index (κ1) is 9.77. The second-order valence-electron chi connectivity index (χ2n) is 3.61. The topological polar surface area (TPSA) is 47.3 Å². The van der Waals surface area contributed by atoms with Crippen LogP contribution in [0.1, 0.15) is 5.56 Å². The number of halogens is 1. The molecule has 1 heterocycles. The zero-order chi connectivity index (χ0) is 10.2. The maximum absolute atomic E-state index is 6.12. The van der Waals surface area contributed by atoms with E-state index in [9.17, 15) is 0 Å². The quantitative estimate of drug-likeness (QED) is 0.772. The minimum absolute atomic E-state index is 0.254. The van der Waals surface area contributed by atoms with E-state index >= 15 is 0 Å². The summed E-state index contributed by atoms with van der Waals surface area (Å²) in [7, 11) is 1.60. The third kappa shape index (κ3) is 1.47. The lowest BCUT2D eigenvalue weighted by Gasteiger charge is -2.39. The summed E-state index contributed by atoms with van der Waals surface area (Å²) in [6.45, 7) is 1.60. The number of hydrogen-bond acceptors (Lipinski definition) is 3. The van der Waals surface area contributed by atoms with Crippen molar-refractivity contribution in [2.24, 2.45) is 5.73 Å². The van der Waals surface area contributed by atoms with Crippen molar-refractivity contribution in [1.82, 2.24) is 5.32 Å². The van der Waals surface area contributed by atoms with Crippen molar-refractivity contribution in [3.05, 3.63) is 28.8 Å². The third-order valence-corrected chi connectivity index (χ3v) is 2.90. The van der Waals surface area contributed by atoms with E-state index in [1.807, 2.05) is 18.2 Å². The Morgan fingerprint density at radius 2 is 2.21 bits per heavy atom. The fourth-order valence-electron chi connectivity index (χ4n) is 1.57. The second kappa shape index (κ2) is 3.42. The summed E-state index contributed by atoms with van der Waals surface area (Å²) in [5.74, 6) is 0.686. The molecule has 0 unspecified atom stereocenters. The van der Waals surface area contributed by atoms with Crippen molar-refractivity contribution in [1.29, 1.82) is 0 Å². The Labute approximate surface area is 88.2 Å². The Balaban J connectivity index is 2.32. The van der Waals surface area contributed by atoms with Gasteiger partial charge in [0, 0.05) is 13.1 Å². The lowest BCUT2D eigenvalue weighted by molar-refractivity contribution is 0.287. The van der Waals surface area contributed by atoms with Crippen LogP contribution in [0.4, 0.5) is 0 Å². The minimum atomic E-state index is -0.254. The van der Waals surface area contributed by atoms with Gasteiger partial charge in [-0.05, 0) is 17.7 Å². The lowest BCUT2D eigenvalue weighted by Crippen LogP contribution is -2.62. The fourth-order valence-corrected chi connectivity index (χ4v) is 1.83. The molecule has 0 atom stereocenters. The molecule has 76 valence electrons. The van der Waals surface area contributed by atoms with Gasteiger partial charge in [0.15, 0.2) is 0 Å². The van der Waals surface area contributed by atoms with Crippen molar-refractivity contribution in [2.45, 2.75) is 5.54 Å². The molecule has 0 aromatic heterocycles. The average Bonchev–Trinajstić information content (AvgIpc) is 2.14. The maximum Gasteiger partial charge on any atom is 0.137 e. The molecule has 0 radical (unpaired) electrons. The van der Waals surface area contributed by atoms with Crippen molar-refractivity contribution in [2.75, 3.05) is 20.2 Å². The maximum atomic E-state index is 6.12. The van der Waals surface area contributed by atoms with Gasteiger partial charge in [0.2, 0.25) is 0 Å². The number of nitrogens with one attached hydrogen (secondary N) is 1. The van der Waals surface area contributed by atoms with E-state index in [2.05, 4.69) is 5.32 Å². The van der Waals surface area contributed by atoms with Crippen LogP contribution in [0.2, 0.25) is 5.02 Å². The van der Waals surface area contributed by atoms with Crippen LogP contribution >= 0.6 is 11.6 Å². The van der Waals surface area contributed by atoms with Gasteiger partial charge in [-0.25, -0.2) is 0 Å². The predicted octanol–water partition coefficient (Wildman–Crippen LogP) is 1.11. The molecule has 0 saturated carbocycles. The fraction of sp³-hybridized carbons (Fsp3) is 0.400. The van der Waals surface area contributed by atoms with E-state index in [1.54, 1.807) is 7.11 Å². The summed E-state index contributed by atoms with van der Waals surface area (Å²) in [4.78, 5) is 0. The van der Waals surface area contributed by atoms with Gasteiger partial charge < -0.3 is 15.8 Å². The number of methoxy groups -OCH3 is 1. The molecule has 4 heteroatoms. The SMILES string of the molecule is COc1ccc(C2(N)CNC2)cc1Cl. The van der Waals surface area contributed by atoms with Gasteiger partial charge in [0.25, 0.3) is 0 Å². The molecule has 1 aromatic carbocycles. The highest BCUT2D eigenvalue weighted by Crippen LogP contribution is 2.30. The lowest BCUT2D eigenvalue weighted by atomic mass is 9.85. The first-order valence-corrected chi connectivity index (χ1v) is 4.87. The molecule has 3 N–H and O–H groups in total. The second-order valence-corrected chi connectivity index (χ2v) is 4.02. The molecule has 1 aromatic rings. The zero-order valence-electron chi connectivity index (χ0n) is 8.01. The summed E-state index contributed by atoms with van der Waals surface area (Å²) in [5.41, 5.74) is 6.93. The van der Waals surface area contributed by atoms with Crippen LogP contribution in [0, 0.1) is 0 Å². The van der Waals surface area contributed by atoms with Gasteiger partial charge >= 0.3 is 0 Å². The Kier molecular flexibility index (Phi) is 2.39. The Hall–Kier alpha value is -0.770. The first-order chi connectivity index (χ1) is 6.65. The van der Waals surface area contributed by atoms with Gasteiger partial charge in [-0.3, -0.25) is 0 Å². The van der Waals surface area contributed by atoms with Gasteiger partial charge in [0.1, 0.15) is 5.75 Å². The molecule has 3 nitrogen and oxygen atoms in total. The molecule has 1 aliphatic heterocycles. The first-order valence-electron chi connectivity index (χ1n) is 4.49. The number of nitrogens with two attached hydrogens (primary N) is 1. The highest BCUT2D eigenvalue weighted by Gasteiger charge is 2.34. The molecule has 0 amide bonds. The normalized spacial score (nSPS) is 18.8. The van der Waals surface area contributed by atoms with Crippen LogP contribution in [0.15, 0.2) is 18.2 Å². The van der Waals surface area contributed by atoms with E-state index in [-0.39, 0.29) is 5.54 Å². The van der Waals surface area contributed by atoms with E-state index in [0.717, 1.165) is 18.7 Å². The van der Waals surface area contributed by atoms with Gasteiger partial charge in [0.05, 0.1) is 17.7 Å². The average molecular weight is 213 g/mol. The Morgan fingerprint density at radius 3 is 2.64 bits per heavy atom. The highest BCUT2D eigenvalue weighted by atomic mass is 35.5. The van der Waals surface area contributed by atoms with E-state index in [4.69, 9.17) is 22.1 Å². The summed E-state index contributed by atoms with van der Waals surface area (Å²) in [5, 5.41) is 3.76. The number of benzene rings is 1. The molecule has 0 aliphatic carbocycles. The molecule has 0 spiro atoms.